The van der Waals surface area contributed by atoms with Crippen molar-refractivity contribution >= 4 is 132 Å². The van der Waals surface area contributed by atoms with Crippen LogP contribution in [0.15, 0.2) is 190 Å². The molecule has 6 nitrogen and oxygen atoms in total. The first-order valence-corrected chi connectivity index (χ1v) is 22.4. The fraction of sp³-hybridized carbons (Fsp3) is 0.0333. The number of benzene rings is 9. The zero-order valence-electron chi connectivity index (χ0n) is 35.0. The van der Waals surface area contributed by atoms with Crippen LogP contribution in [0, 0.1) is 0 Å². The largest absolute Gasteiger partial charge is 0.460 e. The van der Waals surface area contributed by atoms with Gasteiger partial charge in [-0.25, -0.2) is 0 Å². The van der Waals surface area contributed by atoms with E-state index < -0.39 is 0 Å². The second-order valence-corrected chi connectivity index (χ2v) is 17.9. The maximum atomic E-state index is 6.61. The van der Waals surface area contributed by atoms with Crippen molar-refractivity contribution in [2.75, 3.05) is 0 Å². The first kappa shape index (κ1) is 34.7. The van der Waals surface area contributed by atoms with Crippen LogP contribution < -0.4 is 0 Å². The van der Waals surface area contributed by atoms with Crippen molar-refractivity contribution < 1.29 is 26.5 Å². The van der Waals surface area contributed by atoms with Gasteiger partial charge in [-0.05, 0) is 143 Å². The minimum absolute atomic E-state index is 0.811. The molecule has 0 bridgehead atoms. The lowest BCUT2D eigenvalue weighted by atomic mass is 9.91. The molecule has 0 N–H and O–H groups in total. The van der Waals surface area contributed by atoms with Crippen molar-refractivity contribution in [3.05, 3.63) is 181 Å². The van der Waals surface area contributed by atoms with Crippen molar-refractivity contribution in [1.29, 1.82) is 0 Å². The van der Waals surface area contributed by atoms with E-state index in [-0.39, 0.29) is 0 Å². The highest BCUT2D eigenvalue weighted by Crippen LogP contribution is 2.44. The molecule has 66 heavy (non-hydrogen) atoms. The second-order valence-electron chi connectivity index (χ2n) is 17.9. The van der Waals surface area contributed by atoms with Gasteiger partial charge in [-0.1, -0.05) is 66.7 Å². The van der Waals surface area contributed by atoms with Crippen LogP contribution in [0.3, 0.4) is 0 Å². The molecule has 0 aliphatic heterocycles. The summed E-state index contributed by atoms with van der Waals surface area (Å²) in [4.78, 5) is 0. The number of fused-ring (bicyclic) bond motifs is 18. The Morgan fingerprint density at radius 1 is 0.242 bits per heavy atom. The van der Waals surface area contributed by atoms with Crippen LogP contribution in [-0.4, -0.2) is 0 Å². The van der Waals surface area contributed by atoms with E-state index in [1.54, 1.807) is 0 Å². The average Bonchev–Trinajstić information content (AvgIpc) is 4.22. The van der Waals surface area contributed by atoms with Gasteiger partial charge in [0.15, 0.2) is 0 Å². The van der Waals surface area contributed by atoms with E-state index in [0.717, 1.165) is 167 Å². The fourth-order valence-electron chi connectivity index (χ4n) is 10.9. The highest BCUT2D eigenvalue weighted by molar-refractivity contribution is 6.17. The number of rotatable bonds is 3. The zero-order valence-corrected chi connectivity index (χ0v) is 35.0. The smallest absolute Gasteiger partial charge is 0.136 e. The molecule has 6 heteroatoms. The summed E-state index contributed by atoms with van der Waals surface area (Å²) < 4.78 is 38.4. The molecule has 15 aromatic rings. The minimum atomic E-state index is 0.811. The predicted molar refractivity (Wildman–Crippen MR) is 266 cm³/mol. The summed E-state index contributed by atoms with van der Waals surface area (Å²) in [6.07, 6.45) is 3.98. The number of allylic oxidation sites excluding steroid dienone is 1. The first-order chi connectivity index (χ1) is 32.6. The highest BCUT2D eigenvalue weighted by atomic mass is 16.4. The summed E-state index contributed by atoms with van der Waals surface area (Å²) in [5, 5.41) is 11.8. The summed E-state index contributed by atoms with van der Waals surface area (Å²) in [5.41, 5.74) is 17.6. The van der Waals surface area contributed by atoms with Crippen molar-refractivity contribution in [2.45, 2.75) is 12.8 Å². The Labute approximate surface area is 373 Å². The molecule has 0 fully saturated rings. The number of furan rings is 6. The minimum Gasteiger partial charge on any atom is -0.460 e. The normalized spacial score (nSPS) is 13.4. The lowest BCUT2D eigenvalue weighted by molar-refractivity contribution is 0.548. The van der Waals surface area contributed by atoms with E-state index in [9.17, 15) is 0 Å². The maximum Gasteiger partial charge on any atom is 0.136 e. The van der Waals surface area contributed by atoms with E-state index in [4.69, 9.17) is 26.5 Å². The molecule has 9 aromatic carbocycles. The molecule has 0 saturated carbocycles. The molecule has 16 rings (SSSR count). The molecule has 0 amide bonds. The monoisotopic (exact) mass is 848 g/mol. The third kappa shape index (κ3) is 4.84. The van der Waals surface area contributed by atoms with E-state index in [2.05, 4.69) is 146 Å². The SMILES string of the molecule is C1=C(c2ccc3oc4cc5c(cc4c3c2)oc2ccc(-c3ccc4oc6ccccc6c4c3)cc25)CCc2oc3cc4c(cc3c21)oc1ccc(-c2ccc3oc5ccccc5c3c2)cc14. The predicted octanol–water partition coefficient (Wildman–Crippen LogP) is 17.8. The molecule has 6 heterocycles. The van der Waals surface area contributed by atoms with Crippen LogP contribution in [0.5, 0.6) is 0 Å². The van der Waals surface area contributed by atoms with Crippen LogP contribution in [0.1, 0.15) is 23.3 Å². The molecule has 0 atom stereocenters. The molecule has 308 valence electrons. The topological polar surface area (TPSA) is 78.8 Å². The Hall–Kier alpha value is -8.74. The van der Waals surface area contributed by atoms with Gasteiger partial charge in [0.25, 0.3) is 0 Å². The number of hydrogen-bond acceptors (Lipinski definition) is 6. The van der Waals surface area contributed by atoms with Crippen LogP contribution in [-0.2, 0) is 6.42 Å². The number of hydrogen-bond donors (Lipinski definition) is 0. The van der Waals surface area contributed by atoms with Gasteiger partial charge in [0.2, 0.25) is 0 Å². The van der Waals surface area contributed by atoms with E-state index in [1.165, 1.54) is 11.1 Å². The van der Waals surface area contributed by atoms with Crippen molar-refractivity contribution in [1.82, 2.24) is 0 Å². The summed E-state index contributed by atoms with van der Waals surface area (Å²) >= 11 is 0. The van der Waals surface area contributed by atoms with E-state index in [0.29, 0.717) is 0 Å². The van der Waals surface area contributed by atoms with Gasteiger partial charge in [-0.15, -0.1) is 0 Å². The van der Waals surface area contributed by atoms with Crippen LogP contribution in [0.2, 0.25) is 0 Å². The van der Waals surface area contributed by atoms with Gasteiger partial charge < -0.3 is 26.5 Å². The fourth-order valence-corrected chi connectivity index (χ4v) is 10.9. The highest BCUT2D eigenvalue weighted by Gasteiger charge is 2.23. The van der Waals surface area contributed by atoms with Gasteiger partial charge >= 0.3 is 0 Å². The Kier molecular flexibility index (Phi) is 6.57. The summed E-state index contributed by atoms with van der Waals surface area (Å²) in [5.74, 6) is 1.01. The summed E-state index contributed by atoms with van der Waals surface area (Å²) in [6.45, 7) is 0. The summed E-state index contributed by atoms with van der Waals surface area (Å²) in [7, 11) is 0. The van der Waals surface area contributed by atoms with Crippen molar-refractivity contribution in [3.8, 4) is 22.3 Å². The average molecular weight is 849 g/mol. The van der Waals surface area contributed by atoms with Gasteiger partial charge in [0.1, 0.15) is 67.2 Å². The molecule has 1 aliphatic carbocycles. The number of para-hydroxylation sites is 2. The van der Waals surface area contributed by atoms with Gasteiger partial charge in [0, 0.05) is 71.2 Å². The standard InChI is InChI=1S/C60H32O6/c1-3-7-49-37(5-1)39-21-31(9-15-51(39)61-49)33-11-17-53-41(23-33)45-27-59-47(29-57(45)63-53)43-25-35(13-19-55(43)65-59)36-14-20-56-44(26-36)48-30-58-46(28-60(48)66-56)42-24-34(12-18-54(42)64-58)32-10-16-52-40(22-32)38-6-2-4-8-50(38)62-52/h1-13,15-19,21-30H,14,20H2. The molecule has 0 saturated heterocycles. The van der Waals surface area contributed by atoms with Gasteiger partial charge in [-0.2, -0.15) is 0 Å². The molecule has 0 radical (unpaired) electrons. The second kappa shape index (κ2) is 12.5. The third-order valence-electron chi connectivity index (χ3n) is 14.2. The molecule has 0 unspecified atom stereocenters. The molecular formula is C60H32O6. The Balaban J connectivity index is 0.755. The molecule has 0 spiro atoms. The van der Waals surface area contributed by atoms with Crippen LogP contribution in [0.4, 0.5) is 0 Å². The quantitative estimate of drug-likeness (QED) is 0.176. The molecule has 1 aliphatic rings. The Morgan fingerprint density at radius 3 is 1.05 bits per heavy atom. The van der Waals surface area contributed by atoms with Crippen molar-refractivity contribution in [2.24, 2.45) is 0 Å². The maximum absolute atomic E-state index is 6.61. The zero-order chi connectivity index (χ0) is 42.8. The lowest BCUT2D eigenvalue weighted by Gasteiger charge is -2.13. The third-order valence-corrected chi connectivity index (χ3v) is 14.2. The Morgan fingerprint density at radius 2 is 0.576 bits per heavy atom. The number of aryl methyl sites for hydroxylation is 1. The van der Waals surface area contributed by atoms with Crippen LogP contribution >= 0.6 is 0 Å². The molecular weight excluding hydrogens is 817 g/mol. The van der Waals surface area contributed by atoms with Gasteiger partial charge in [0.05, 0.1) is 0 Å². The van der Waals surface area contributed by atoms with E-state index in [1.807, 2.05) is 24.3 Å². The Bertz CT molecular complexity index is 4650. The molecule has 6 aromatic heterocycles. The lowest BCUT2D eigenvalue weighted by Crippen LogP contribution is -1.96. The first-order valence-electron chi connectivity index (χ1n) is 22.4. The van der Waals surface area contributed by atoms with Crippen molar-refractivity contribution in [3.63, 3.8) is 0 Å². The van der Waals surface area contributed by atoms with Gasteiger partial charge in [-0.3, -0.25) is 0 Å². The summed E-state index contributed by atoms with van der Waals surface area (Å²) in [6, 6.07) is 57.2. The van der Waals surface area contributed by atoms with Crippen LogP contribution in [0.25, 0.3) is 155 Å². The van der Waals surface area contributed by atoms with E-state index >= 15 is 0 Å².